The van der Waals surface area contributed by atoms with Gasteiger partial charge >= 0.3 is 12.4 Å². The number of aryl methyl sites for hydroxylation is 1. The molecule has 3 nitrogen and oxygen atoms in total. The molecule has 0 atom stereocenters. The second kappa shape index (κ2) is 8.95. The highest BCUT2D eigenvalue weighted by molar-refractivity contribution is 5.91. The smallest absolute Gasteiger partial charge is 0.369 e. The summed E-state index contributed by atoms with van der Waals surface area (Å²) < 4.78 is 78.0. The fourth-order valence-corrected chi connectivity index (χ4v) is 2.65. The van der Waals surface area contributed by atoms with Crippen molar-refractivity contribution in [3.05, 3.63) is 29.3 Å². The number of hydrogen-bond donors (Lipinski definition) is 2. The Balaban J connectivity index is 3.11. The molecule has 0 radical (unpaired) electrons. The molecule has 1 amide bonds. The lowest BCUT2D eigenvalue weighted by molar-refractivity contribution is -0.376. The lowest BCUT2D eigenvalue weighted by Gasteiger charge is -2.33. The lowest BCUT2D eigenvalue weighted by atomic mass is 9.90. The molecule has 0 heterocycles. The quantitative estimate of drug-likeness (QED) is 0.450. The Hall–Kier alpha value is -1.77. The standard InChI is InChI=1S/C18H23F6NO2/c1-3-5-6-7-8-15(26)25-14-10-9-13(11-12(14)4-2)16(27,17(19,20)21)18(22,23)24/h9-11,27H,3-8H2,1-2H3,(H,25,26). The van der Waals surface area contributed by atoms with Gasteiger partial charge in [-0.3, -0.25) is 4.79 Å². The molecule has 0 fully saturated rings. The molecule has 0 spiro atoms. The van der Waals surface area contributed by atoms with Crippen LogP contribution in [0.5, 0.6) is 0 Å². The van der Waals surface area contributed by atoms with Crippen LogP contribution in [0.1, 0.15) is 57.1 Å². The molecule has 0 saturated heterocycles. The van der Waals surface area contributed by atoms with Crippen LogP contribution >= 0.6 is 0 Å². The molecule has 0 aliphatic rings. The van der Waals surface area contributed by atoms with Crippen LogP contribution in [0.3, 0.4) is 0 Å². The van der Waals surface area contributed by atoms with Crippen molar-refractivity contribution in [1.29, 1.82) is 0 Å². The molecule has 0 unspecified atom stereocenters. The van der Waals surface area contributed by atoms with Crippen molar-refractivity contribution in [1.82, 2.24) is 0 Å². The summed E-state index contributed by atoms with van der Waals surface area (Å²) in [6, 6.07) is 2.13. The number of unbranched alkanes of at least 4 members (excludes halogenated alkanes) is 3. The Morgan fingerprint density at radius 1 is 1.00 bits per heavy atom. The molecular weight excluding hydrogens is 376 g/mol. The van der Waals surface area contributed by atoms with E-state index < -0.39 is 23.5 Å². The van der Waals surface area contributed by atoms with Crippen LogP contribution in [0.2, 0.25) is 0 Å². The van der Waals surface area contributed by atoms with E-state index in [0.717, 1.165) is 25.3 Å². The molecule has 0 aromatic heterocycles. The Bertz CT molecular complexity index is 626. The maximum absolute atomic E-state index is 13.0. The number of nitrogens with one attached hydrogen (secondary N) is 1. The molecule has 0 aliphatic carbocycles. The second-order valence-corrected chi connectivity index (χ2v) is 6.29. The predicted molar refractivity (Wildman–Crippen MR) is 89.2 cm³/mol. The normalized spacial score (nSPS) is 12.9. The van der Waals surface area contributed by atoms with Gasteiger partial charge in [-0.15, -0.1) is 0 Å². The minimum Gasteiger partial charge on any atom is -0.369 e. The lowest BCUT2D eigenvalue weighted by Crippen LogP contribution is -2.54. The maximum atomic E-state index is 13.0. The first-order valence-corrected chi connectivity index (χ1v) is 8.67. The van der Waals surface area contributed by atoms with Gasteiger partial charge in [-0.25, -0.2) is 0 Å². The summed E-state index contributed by atoms with van der Waals surface area (Å²) in [5, 5.41) is 12.0. The number of halogens is 6. The van der Waals surface area contributed by atoms with Crippen LogP contribution in [0.25, 0.3) is 0 Å². The summed E-state index contributed by atoms with van der Waals surface area (Å²) in [5.74, 6) is -0.365. The SMILES string of the molecule is CCCCCCC(=O)Nc1ccc(C(O)(C(F)(F)F)C(F)(F)F)cc1CC. The average molecular weight is 399 g/mol. The Kier molecular flexibility index (Phi) is 7.71. The number of carbonyl (C=O) groups is 1. The summed E-state index contributed by atoms with van der Waals surface area (Å²) >= 11 is 0. The molecule has 2 N–H and O–H groups in total. The number of amides is 1. The molecule has 1 aromatic carbocycles. The average Bonchev–Trinajstić information content (AvgIpc) is 2.56. The van der Waals surface area contributed by atoms with E-state index in [1.165, 1.54) is 6.92 Å². The van der Waals surface area contributed by atoms with Gasteiger partial charge in [0.2, 0.25) is 5.91 Å². The van der Waals surface area contributed by atoms with Crippen molar-refractivity contribution in [3.8, 4) is 0 Å². The molecule has 0 aliphatic heterocycles. The summed E-state index contributed by atoms with van der Waals surface area (Å²) in [6.07, 6.45) is -8.15. The first-order chi connectivity index (χ1) is 12.4. The van der Waals surface area contributed by atoms with E-state index in [0.29, 0.717) is 18.6 Å². The van der Waals surface area contributed by atoms with Gasteiger partial charge in [-0.2, -0.15) is 26.3 Å². The second-order valence-electron chi connectivity index (χ2n) is 6.29. The Morgan fingerprint density at radius 3 is 2.07 bits per heavy atom. The van der Waals surface area contributed by atoms with Crippen LogP contribution in [-0.4, -0.2) is 23.4 Å². The van der Waals surface area contributed by atoms with E-state index in [2.05, 4.69) is 5.32 Å². The number of anilines is 1. The predicted octanol–water partition coefficient (Wildman–Crippen LogP) is 5.47. The summed E-state index contributed by atoms with van der Waals surface area (Å²) in [4.78, 5) is 11.9. The fourth-order valence-electron chi connectivity index (χ4n) is 2.65. The number of hydrogen-bond acceptors (Lipinski definition) is 2. The van der Waals surface area contributed by atoms with E-state index in [1.54, 1.807) is 0 Å². The van der Waals surface area contributed by atoms with E-state index in [4.69, 9.17) is 0 Å². The maximum Gasteiger partial charge on any atom is 0.430 e. The number of benzene rings is 1. The van der Waals surface area contributed by atoms with Gasteiger partial charge in [0.25, 0.3) is 5.60 Å². The zero-order chi connectivity index (χ0) is 20.9. The number of alkyl halides is 6. The topological polar surface area (TPSA) is 49.3 Å². The van der Waals surface area contributed by atoms with Crippen molar-refractivity contribution < 1.29 is 36.2 Å². The molecule has 0 saturated carbocycles. The van der Waals surface area contributed by atoms with Crippen molar-refractivity contribution in [2.75, 3.05) is 5.32 Å². The van der Waals surface area contributed by atoms with E-state index in [9.17, 15) is 36.2 Å². The highest BCUT2D eigenvalue weighted by Crippen LogP contribution is 2.50. The van der Waals surface area contributed by atoms with Crippen molar-refractivity contribution in [3.63, 3.8) is 0 Å². The monoisotopic (exact) mass is 399 g/mol. The van der Waals surface area contributed by atoms with Gasteiger partial charge < -0.3 is 10.4 Å². The highest BCUT2D eigenvalue weighted by Gasteiger charge is 2.71. The third kappa shape index (κ3) is 5.37. The zero-order valence-electron chi connectivity index (χ0n) is 15.1. The minimum absolute atomic E-state index is 0.0707. The van der Waals surface area contributed by atoms with Crippen LogP contribution in [0.15, 0.2) is 18.2 Å². The van der Waals surface area contributed by atoms with Gasteiger partial charge in [0.05, 0.1) is 0 Å². The summed E-state index contributed by atoms with van der Waals surface area (Å²) in [7, 11) is 0. The van der Waals surface area contributed by atoms with Crippen LogP contribution in [0, 0.1) is 0 Å². The Labute approximate surface area is 153 Å². The van der Waals surface area contributed by atoms with Crippen LogP contribution in [-0.2, 0) is 16.8 Å². The number of rotatable bonds is 8. The molecule has 154 valence electrons. The number of aliphatic hydroxyl groups is 1. The van der Waals surface area contributed by atoms with Crippen LogP contribution < -0.4 is 5.32 Å². The molecule has 0 bridgehead atoms. The summed E-state index contributed by atoms with van der Waals surface area (Å²) in [6.45, 7) is 3.54. The molecule has 1 rings (SSSR count). The third-order valence-corrected chi connectivity index (χ3v) is 4.26. The van der Waals surface area contributed by atoms with Gasteiger partial charge in [0.15, 0.2) is 0 Å². The first kappa shape index (κ1) is 23.3. The highest BCUT2D eigenvalue weighted by atomic mass is 19.4. The summed E-state index contributed by atoms with van der Waals surface area (Å²) in [5.41, 5.74) is -6.11. The van der Waals surface area contributed by atoms with Crippen LogP contribution in [0.4, 0.5) is 32.0 Å². The van der Waals surface area contributed by atoms with Gasteiger partial charge in [-0.05, 0) is 24.5 Å². The van der Waals surface area contributed by atoms with Crippen molar-refractivity contribution >= 4 is 11.6 Å². The molecule has 1 aromatic rings. The van der Waals surface area contributed by atoms with Gasteiger partial charge in [0.1, 0.15) is 0 Å². The fraction of sp³-hybridized carbons (Fsp3) is 0.611. The molecule has 9 heteroatoms. The van der Waals surface area contributed by atoms with Crippen molar-refractivity contribution in [2.45, 2.75) is 70.3 Å². The molecular formula is C18H23F6NO2. The minimum atomic E-state index is -5.94. The van der Waals surface area contributed by atoms with E-state index in [-0.39, 0.29) is 30.0 Å². The van der Waals surface area contributed by atoms with E-state index in [1.807, 2.05) is 6.92 Å². The number of carbonyl (C=O) groups excluding carboxylic acids is 1. The molecule has 27 heavy (non-hydrogen) atoms. The Morgan fingerprint density at radius 2 is 1.59 bits per heavy atom. The zero-order valence-corrected chi connectivity index (χ0v) is 15.1. The van der Waals surface area contributed by atoms with Crippen molar-refractivity contribution in [2.24, 2.45) is 0 Å². The first-order valence-electron chi connectivity index (χ1n) is 8.67. The third-order valence-electron chi connectivity index (χ3n) is 4.26. The largest absolute Gasteiger partial charge is 0.430 e. The van der Waals surface area contributed by atoms with Gasteiger partial charge in [0, 0.05) is 17.7 Å². The van der Waals surface area contributed by atoms with E-state index >= 15 is 0 Å². The van der Waals surface area contributed by atoms with Gasteiger partial charge in [-0.1, -0.05) is 45.2 Å².